The Kier molecular flexibility index (Phi) is 5.10. The van der Waals surface area contributed by atoms with Gasteiger partial charge in [0.05, 0.1) is 44.8 Å². The number of fused-ring (bicyclic) bond motifs is 1. The first-order chi connectivity index (χ1) is 15.3. The number of amides is 1. The molecule has 1 aliphatic heterocycles. The lowest BCUT2D eigenvalue weighted by Gasteiger charge is -2.12. The second-order valence-electron chi connectivity index (χ2n) is 8.09. The van der Waals surface area contributed by atoms with Crippen molar-refractivity contribution in [3.63, 3.8) is 0 Å². The molecule has 4 aromatic rings. The molecule has 9 heteroatoms. The van der Waals surface area contributed by atoms with Crippen LogP contribution in [-0.4, -0.2) is 40.6 Å². The van der Waals surface area contributed by atoms with Gasteiger partial charge < -0.3 is 5.32 Å². The van der Waals surface area contributed by atoms with Gasteiger partial charge in [-0.25, -0.2) is 18.1 Å². The van der Waals surface area contributed by atoms with E-state index < -0.39 is 9.84 Å². The molecule has 1 fully saturated rings. The lowest BCUT2D eigenvalue weighted by Crippen LogP contribution is -2.15. The van der Waals surface area contributed by atoms with E-state index in [4.69, 9.17) is 4.98 Å². The maximum absolute atomic E-state index is 13.4. The summed E-state index contributed by atoms with van der Waals surface area (Å²) in [6.07, 6.45) is 0.494. The fourth-order valence-electron chi connectivity index (χ4n) is 4.17. The van der Waals surface area contributed by atoms with E-state index in [1.165, 1.54) is 11.3 Å². The average molecular weight is 467 g/mol. The van der Waals surface area contributed by atoms with E-state index >= 15 is 0 Å². The monoisotopic (exact) mass is 466 g/mol. The number of anilines is 1. The van der Waals surface area contributed by atoms with Crippen LogP contribution < -0.4 is 5.32 Å². The molecule has 1 atom stereocenters. The predicted molar refractivity (Wildman–Crippen MR) is 127 cm³/mol. The second kappa shape index (κ2) is 7.83. The van der Waals surface area contributed by atoms with Gasteiger partial charge in [-0.15, -0.1) is 11.3 Å². The Morgan fingerprint density at radius 1 is 1.19 bits per heavy atom. The van der Waals surface area contributed by atoms with Crippen molar-refractivity contribution in [2.24, 2.45) is 0 Å². The van der Waals surface area contributed by atoms with Gasteiger partial charge in [0.15, 0.2) is 15.5 Å². The number of sulfone groups is 1. The van der Waals surface area contributed by atoms with E-state index in [0.29, 0.717) is 34.4 Å². The Morgan fingerprint density at radius 2 is 2.00 bits per heavy atom. The number of para-hydroxylation sites is 1. The van der Waals surface area contributed by atoms with Gasteiger partial charge in [0.1, 0.15) is 0 Å². The molecule has 3 aromatic heterocycles. The summed E-state index contributed by atoms with van der Waals surface area (Å²) in [4.78, 5) is 19.2. The molecule has 1 aromatic carbocycles. The third-order valence-corrected chi connectivity index (χ3v) is 8.45. The molecular weight excluding hydrogens is 444 g/mol. The molecule has 32 heavy (non-hydrogen) atoms. The number of nitrogens with one attached hydrogen (secondary N) is 1. The number of thiophene rings is 1. The number of rotatable bonds is 4. The highest BCUT2D eigenvalue weighted by Gasteiger charge is 2.32. The van der Waals surface area contributed by atoms with Gasteiger partial charge in [-0.3, -0.25) is 4.79 Å². The third-order valence-electron chi connectivity index (χ3n) is 5.80. The first-order valence-corrected chi connectivity index (χ1v) is 13.0. The molecule has 0 aliphatic carbocycles. The van der Waals surface area contributed by atoms with Crippen LogP contribution in [0.1, 0.15) is 34.1 Å². The fraction of sp³-hybridized carbons (Fsp3) is 0.261. The van der Waals surface area contributed by atoms with E-state index in [2.05, 4.69) is 10.4 Å². The summed E-state index contributed by atoms with van der Waals surface area (Å²) < 4.78 is 25.9. The highest BCUT2D eigenvalue weighted by Crippen LogP contribution is 2.33. The van der Waals surface area contributed by atoms with Gasteiger partial charge >= 0.3 is 0 Å². The molecule has 1 unspecified atom stereocenters. The minimum Gasteiger partial charge on any atom is -0.322 e. The minimum absolute atomic E-state index is 0.0405. The molecule has 1 amide bonds. The van der Waals surface area contributed by atoms with E-state index in [-0.39, 0.29) is 23.5 Å². The lowest BCUT2D eigenvalue weighted by molar-refractivity contribution is 0.102. The van der Waals surface area contributed by atoms with E-state index in [9.17, 15) is 13.2 Å². The van der Waals surface area contributed by atoms with Crippen molar-refractivity contribution in [1.29, 1.82) is 0 Å². The lowest BCUT2D eigenvalue weighted by atomic mass is 10.1. The van der Waals surface area contributed by atoms with Gasteiger partial charge in [0, 0.05) is 5.69 Å². The summed E-state index contributed by atoms with van der Waals surface area (Å²) in [5.41, 5.74) is 4.06. The summed E-state index contributed by atoms with van der Waals surface area (Å²) in [5, 5.41) is 10.3. The Bertz CT molecular complexity index is 1440. The zero-order valence-corrected chi connectivity index (χ0v) is 19.3. The van der Waals surface area contributed by atoms with Gasteiger partial charge in [-0.05, 0) is 49.4 Å². The highest BCUT2D eigenvalue weighted by atomic mass is 32.2. The number of benzene rings is 1. The number of aromatic nitrogens is 3. The maximum Gasteiger partial charge on any atom is 0.256 e. The summed E-state index contributed by atoms with van der Waals surface area (Å²) in [6.45, 7) is 3.78. The summed E-state index contributed by atoms with van der Waals surface area (Å²) in [7, 11) is -3.09. The average Bonchev–Trinajstić information content (AvgIpc) is 3.48. The molecule has 1 N–H and O–H groups in total. The Balaban J connectivity index is 1.68. The van der Waals surface area contributed by atoms with Crippen LogP contribution in [-0.2, 0) is 9.84 Å². The van der Waals surface area contributed by atoms with Crippen molar-refractivity contribution in [1.82, 2.24) is 14.8 Å². The number of carbonyl (C=O) groups excluding carboxylic acids is 1. The second-order valence-corrected chi connectivity index (χ2v) is 11.3. The van der Waals surface area contributed by atoms with Crippen LogP contribution in [0.2, 0.25) is 0 Å². The maximum atomic E-state index is 13.4. The topological polar surface area (TPSA) is 93.9 Å². The molecular formula is C23H22N4O3S2. The number of pyridine rings is 1. The largest absolute Gasteiger partial charge is 0.322 e. The number of hydrogen-bond acceptors (Lipinski definition) is 6. The van der Waals surface area contributed by atoms with Gasteiger partial charge in [0.25, 0.3) is 5.91 Å². The van der Waals surface area contributed by atoms with Crippen molar-refractivity contribution >= 4 is 43.8 Å². The summed E-state index contributed by atoms with van der Waals surface area (Å²) >= 11 is 1.54. The van der Waals surface area contributed by atoms with Crippen LogP contribution >= 0.6 is 11.3 Å². The van der Waals surface area contributed by atoms with Crippen molar-refractivity contribution in [3.05, 3.63) is 64.7 Å². The molecule has 7 nitrogen and oxygen atoms in total. The zero-order chi connectivity index (χ0) is 22.5. The zero-order valence-electron chi connectivity index (χ0n) is 17.7. The standard InChI is InChI=1S/C23H22N4O3S2/c1-14-6-3-4-7-18(14)25-23(28)17-12-19(20-8-5-10-31-20)24-22-21(17)15(2)26-27(22)16-9-11-32(29,30)13-16/h3-8,10,12,16H,9,11,13H2,1-2H3,(H,25,28). The first kappa shape index (κ1) is 20.8. The SMILES string of the molecule is Cc1ccccc1NC(=O)c1cc(-c2cccs2)nc2c1c(C)nn2C1CCS(=O)(=O)C1. The van der Waals surface area contributed by atoms with Gasteiger partial charge in [-0.1, -0.05) is 24.3 Å². The number of carbonyl (C=O) groups is 1. The number of hydrogen-bond donors (Lipinski definition) is 1. The quantitative estimate of drug-likeness (QED) is 0.481. The van der Waals surface area contributed by atoms with E-state index in [1.54, 1.807) is 10.7 Å². The molecule has 1 saturated heterocycles. The van der Waals surface area contributed by atoms with Crippen molar-refractivity contribution < 1.29 is 13.2 Å². The minimum atomic E-state index is -3.09. The Labute approximate surface area is 190 Å². The number of nitrogens with zero attached hydrogens (tertiary/aromatic N) is 3. The van der Waals surface area contributed by atoms with E-state index in [1.807, 2.05) is 55.6 Å². The van der Waals surface area contributed by atoms with Crippen molar-refractivity contribution in [2.45, 2.75) is 26.3 Å². The van der Waals surface area contributed by atoms with Crippen LogP contribution in [0.15, 0.2) is 47.8 Å². The van der Waals surface area contributed by atoms with Crippen LogP contribution in [0.4, 0.5) is 5.69 Å². The molecule has 5 rings (SSSR count). The first-order valence-electron chi connectivity index (χ1n) is 10.3. The van der Waals surface area contributed by atoms with Crippen LogP contribution in [0.5, 0.6) is 0 Å². The van der Waals surface area contributed by atoms with Crippen LogP contribution in [0.3, 0.4) is 0 Å². The molecule has 0 saturated carbocycles. The Morgan fingerprint density at radius 3 is 2.69 bits per heavy atom. The summed E-state index contributed by atoms with van der Waals surface area (Å²) in [6, 6.07) is 13.0. The highest BCUT2D eigenvalue weighted by molar-refractivity contribution is 7.91. The molecule has 164 valence electrons. The smallest absolute Gasteiger partial charge is 0.256 e. The third kappa shape index (κ3) is 3.71. The molecule has 4 heterocycles. The van der Waals surface area contributed by atoms with Crippen molar-refractivity contribution in [2.75, 3.05) is 16.8 Å². The molecule has 0 bridgehead atoms. The predicted octanol–water partition coefficient (Wildman–Crippen LogP) is 4.39. The fourth-order valence-corrected chi connectivity index (χ4v) is 6.55. The van der Waals surface area contributed by atoms with Crippen molar-refractivity contribution in [3.8, 4) is 10.6 Å². The molecule has 1 aliphatic rings. The van der Waals surface area contributed by atoms with E-state index in [0.717, 1.165) is 16.1 Å². The van der Waals surface area contributed by atoms with Crippen LogP contribution in [0, 0.1) is 13.8 Å². The Hall–Kier alpha value is -3.04. The molecule has 0 radical (unpaired) electrons. The molecule has 0 spiro atoms. The normalized spacial score (nSPS) is 17.6. The van der Waals surface area contributed by atoms with Crippen LogP contribution in [0.25, 0.3) is 21.6 Å². The number of aryl methyl sites for hydroxylation is 2. The summed E-state index contributed by atoms with van der Waals surface area (Å²) in [5.74, 6) is -0.0615. The van der Waals surface area contributed by atoms with Gasteiger partial charge in [0.2, 0.25) is 0 Å². The van der Waals surface area contributed by atoms with Gasteiger partial charge in [-0.2, -0.15) is 5.10 Å².